The van der Waals surface area contributed by atoms with Crippen LogP contribution in [-0.4, -0.2) is 42.8 Å². The van der Waals surface area contributed by atoms with Crippen LogP contribution in [0.3, 0.4) is 0 Å². The highest BCUT2D eigenvalue weighted by Crippen LogP contribution is 2.34. The minimum atomic E-state index is -3.95. The SMILES string of the molecule is COc1cc(OC)cc(-c2ccc(OC)c(S(=O)(=O)Nc3cccc(NCCN)c3)c2)c1.Cl.Cl. The molecule has 0 atom stereocenters. The number of rotatable bonds is 10. The van der Waals surface area contributed by atoms with Gasteiger partial charge < -0.3 is 25.3 Å². The van der Waals surface area contributed by atoms with Crippen molar-refractivity contribution in [3.05, 3.63) is 60.7 Å². The second-order valence-corrected chi connectivity index (χ2v) is 8.52. The molecule has 0 unspecified atom stereocenters. The Labute approximate surface area is 212 Å². The van der Waals surface area contributed by atoms with Gasteiger partial charge in [0.05, 0.1) is 27.0 Å². The number of nitrogens with two attached hydrogens (primary N) is 1. The fourth-order valence-electron chi connectivity index (χ4n) is 3.16. The van der Waals surface area contributed by atoms with Crippen LogP contribution in [0, 0.1) is 0 Å². The molecule has 3 aromatic rings. The Balaban J connectivity index is 0.00000289. The van der Waals surface area contributed by atoms with Crippen molar-refractivity contribution in [1.82, 2.24) is 0 Å². The number of benzene rings is 3. The molecule has 3 rings (SSSR count). The Bertz CT molecular complexity index is 1170. The van der Waals surface area contributed by atoms with E-state index < -0.39 is 10.0 Å². The summed E-state index contributed by atoms with van der Waals surface area (Å²) in [6.45, 7) is 1.05. The maximum Gasteiger partial charge on any atom is 0.265 e. The monoisotopic (exact) mass is 529 g/mol. The van der Waals surface area contributed by atoms with Crippen LogP contribution in [0.5, 0.6) is 17.2 Å². The molecule has 0 saturated carbocycles. The number of anilines is 2. The van der Waals surface area contributed by atoms with Crippen molar-refractivity contribution >= 4 is 46.2 Å². The van der Waals surface area contributed by atoms with Crippen LogP contribution in [0.15, 0.2) is 65.6 Å². The summed E-state index contributed by atoms with van der Waals surface area (Å²) in [5.41, 5.74) is 8.11. The van der Waals surface area contributed by atoms with Gasteiger partial charge in [0.1, 0.15) is 22.1 Å². The smallest absolute Gasteiger partial charge is 0.265 e. The lowest BCUT2D eigenvalue weighted by Gasteiger charge is -2.15. The summed E-state index contributed by atoms with van der Waals surface area (Å²) in [6, 6.07) is 17.3. The van der Waals surface area contributed by atoms with Crippen LogP contribution in [0.25, 0.3) is 11.1 Å². The molecule has 0 heterocycles. The predicted octanol–water partition coefficient (Wildman–Crippen LogP) is 4.39. The molecule has 4 N–H and O–H groups in total. The molecule has 0 aliphatic carbocycles. The van der Waals surface area contributed by atoms with Crippen molar-refractivity contribution in [3.63, 3.8) is 0 Å². The fraction of sp³-hybridized carbons (Fsp3) is 0.217. The number of halogens is 2. The van der Waals surface area contributed by atoms with Crippen molar-refractivity contribution in [1.29, 1.82) is 0 Å². The lowest BCUT2D eigenvalue weighted by atomic mass is 10.0. The molecule has 11 heteroatoms. The Morgan fingerprint density at radius 2 is 1.44 bits per heavy atom. The van der Waals surface area contributed by atoms with Crippen LogP contribution in [0.1, 0.15) is 0 Å². The molecule has 8 nitrogen and oxygen atoms in total. The average molecular weight is 530 g/mol. The van der Waals surface area contributed by atoms with Crippen molar-refractivity contribution < 1.29 is 22.6 Å². The highest BCUT2D eigenvalue weighted by molar-refractivity contribution is 7.92. The number of hydrogen-bond donors (Lipinski definition) is 3. The standard InChI is InChI=1S/C23H27N3O5S.2ClH/c1-29-20-11-17(12-21(15-20)30-2)16-7-8-22(31-3)23(13-16)32(27,28)26-19-6-4-5-18(14-19)25-10-9-24;;/h4-8,11-15,25-26H,9-10,24H2,1-3H3;2*1H. The quantitative estimate of drug-likeness (QED) is 0.356. The first-order valence-electron chi connectivity index (χ1n) is 9.88. The van der Waals surface area contributed by atoms with E-state index in [1.165, 1.54) is 7.11 Å². The molecule has 0 aliphatic heterocycles. The molecule has 0 aliphatic rings. The van der Waals surface area contributed by atoms with Crippen molar-refractivity contribution in [2.75, 3.05) is 44.5 Å². The van der Waals surface area contributed by atoms with Crippen LogP contribution in [-0.2, 0) is 10.0 Å². The van der Waals surface area contributed by atoms with Gasteiger partial charge in [0.25, 0.3) is 10.0 Å². The predicted molar refractivity (Wildman–Crippen MR) is 141 cm³/mol. The van der Waals surface area contributed by atoms with Crippen molar-refractivity contribution in [3.8, 4) is 28.4 Å². The average Bonchev–Trinajstić information content (AvgIpc) is 2.81. The molecule has 0 bridgehead atoms. The normalized spacial score (nSPS) is 10.4. The lowest BCUT2D eigenvalue weighted by molar-refractivity contribution is 0.394. The first-order valence-corrected chi connectivity index (χ1v) is 11.4. The van der Waals surface area contributed by atoms with Crippen molar-refractivity contribution in [2.45, 2.75) is 4.90 Å². The third kappa shape index (κ3) is 7.07. The summed E-state index contributed by atoms with van der Waals surface area (Å²) < 4.78 is 45.1. The number of sulfonamides is 1. The third-order valence-electron chi connectivity index (χ3n) is 4.73. The van der Waals surface area contributed by atoms with Gasteiger partial charge in [-0.3, -0.25) is 4.72 Å². The molecule has 186 valence electrons. The molecular weight excluding hydrogens is 501 g/mol. The van der Waals surface area contributed by atoms with Gasteiger partial charge in [0.2, 0.25) is 0 Å². The topological polar surface area (TPSA) is 112 Å². The van der Waals surface area contributed by atoms with E-state index in [-0.39, 0.29) is 35.5 Å². The Morgan fingerprint density at radius 1 is 0.794 bits per heavy atom. The zero-order valence-corrected chi connectivity index (χ0v) is 21.5. The largest absolute Gasteiger partial charge is 0.497 e. The molecule has 0 spiro atoms. The molecule has 0 amide bonds. The van der Waals surface area contributed by atoms with Gasteiger partial charge in [-0.05, 0) is 53.6 Å². The summed E-state index contributed by atoms with van der Waals surface area (Å²) in [4.78, 5) is 0.0135. The van der Waals surface area contributed by atoms with Gasteiger partial charge in [-0.1, -0.05) is 12.1 Å². The molecule has 0 radical (unpaired) electrons. The number of ether oxygens (including phenoxy) is 3. The minimum absolute atomic E-state index is 0. The lowest BCUT2D eigenvalue weighted by Crippen LogP contribution is -2.15. The summed E-state index contributed by atoms with van der Waals surface area (Å²) in [6.07, 6.45) is 0. The van der Waals surface area contributed by atoms with E-state index >= 15 is 0 Å². The highest BCUT2D eigenvalue weighted by atomic mass is 35.5. The highest BCUT2D eigenvalue weighted by Gasteiger charge is 2.21. The second kappa shape index (κ2) is 13.1. The summed E-state index contributed by atoms with van der Waals surface area (Å²) in [5.74, 6) is 1.42. The van der Waals surface area contributed by atoms with E-state index in [9.17, 15) is 8.42 Å². The molecule has 3 aromatic carbocycles. The van der Waals surface area contributed by atoms with Gasteiger partial charge in [-0.25, -0.2) is 8.42 Å². The maximum atomic E-state index is 13.3. The summed E-state index contributed by atoms with van der Waals surface area (Å²) in [5, 5.41) is 3.13. The zero-order valence-electron chi connectivity index (χ0n) is 19.0. The molecule has 34 heavy (non-hydrogen) atoms. The summed E-state index contributed by atoms with van der Waals surface area (Å²) >= 11 is 0. The summed E-state index contributed by atoms with van der Waals surface area (Å²) in [7, 11) is 0.602. The Hall–Kier alpha value is -2.85. The van der Waals surface area contributed by atoms with Gasteiger partial charge in [-0.2, -0.15) is 0 Å². The first-order chi connectivity index (χ1) is 15.4. The number of nitrogens with one attached hydrogen (secondary N) is 2. The van der Waals surface area contributed by atoms with E-state index in [0.717, 1.165) is 11.3 Å². The zero-order chi connectivity index (χ0) is 23.1. The van der Waals surface area contributed by atoms with E-state index in [4.69, 9.17) is 19.9 Å². The van der Waals surface area contributed by atoms with Crippen LogP contribution in [0.2, 0.25) is 0 Å². The first kappa shape index (κ1) is 29.2. The maximum absolute atomic E-state index is 13.3. The van der Waals surface area contributed by atoms with E-state index in [1.54, 1.807) is 68.8 Å². The molecule has 0 fully saturated rings. The van der Waals surface area contributed by atoms with Gasteiger partial charge >= 0.3 is 0 Å². The van der Waals surface area contributed by atoms with Crippen LogP contribution < -0.4 is 30.0 Å². The van der Waals surface area contributed by atoms with E-state index in [2.05, 4.69) is 10.0 Å². The molecule has 0 aromatic heterocycles. The molecule has 0 saturated heterocycles. The fourth-order valence-corrected chi connectivity index (χ4v) is 4.41. The third-order valence-corrected chi connectivity index (χ3v) is 6.13. The van der Waals surface area contributed by atoms with Crippen molar-refractivity contribution in [2.24, 2.45) is 5.73 Å². The van der Waals surface area contributed by atoms with Crippen LogP contribution in [0.4, 0.5) is 11.4 Å². The van der Waals surface area contributed by atoms with Gasteiger partial charge in [0, 0.05) is 24.8 Å². The van der Waals surface area contributed by atoms with Crippen LogP contribution >= 0.6 is 24.8 Å². The Kier molecular flexibility index (Phi) is 11.3. The minimum Gasteiger partial charge on any atom is -0.497 e. The molecular formula is C23H29Cl2N3O5S. The second-order valence-electron chi connectivity index (χ2n) is 6.87. The van der Waals surface area contributed by atoms with E-state index in [0.29, 0.717) is 35.8 Å². The number of methoxy groups -OCH3 is 3. The Morgan fingerprint density at radius 3 is 2.03 bits per heavy atom. The van der Waals surface area contributed by atoms with Gasteiger partial charge in [0.15, 0.2) is 0 Å². The number of hydrogen-bond acceptors (Lipinski definition) is 7. The van der Waals surface area contributed by atoms with Gasteiger partial charge in [-0.15, -0.1) is 24.8 Å². The van der Waals surface area contributed by atoms with E-state index in [1.807, 2.05) is 6.07 Å².